The predicted molar refractivity (Wildman–Crippen MR) is 92.8 cm³/mol. The Balaban J connectivity index is 1.34. The van der Waals surface area contributed by atoms with Gasteiger partial charge in [-0.1, -0.05) is 0 Å². The number of rotatable bonds is 4. The number of thiazole rings is 1. The third-order valence-corrected chi connectivity index (χ3v) is 5.94. The zero-order valence-corrected chi connectivity index (χ0v) is 14.4. The Bertz CT molecular complexity index is 675. The molecule has 23 heavy (non-hydrogen) atoms. The van der Waals surface area contributed by atoms with Crippen molar-refractivity contribution >= 4 is 17.2 Å². The number of likely N-dealkylation sites (tertiary alicyclic amines) is 1. The van der Waals surface area contributed by atoms with Crippen molar-refractivity contribution in [3.63, 3.8) is 0 Å². The van der Waals surface area contributed by atoms with Gasteiger partial charge in [-0.2, -0.15) is 0 Å². The first-order chi connectivity index (χ1) is 11.3. The predicted octanol–water partition coefficient (Wildman–Crippen LogP) is 2.81. The summed E-state index contributed by atoms with van der Waals surface area (Å²) in [6, 6.07) is 0.536. The number of nitrogens with one attached hydrogen (secondary N) is 1. The fraction of sp³-hybridized carbons (Fsp3) is 0.588. The van der Waals surface area contributed by atoms with Gasteiger partial charge in [-0.3, -0.25) is 4.90 Å². The third kappa shape index (κ3) is 3.23. The number of anilines is 1. The maximum absolute atomic E-state index is 4.49. The van der Waals surface area contributed by atoms with Crippen molar-refractivity contribution < 1.29 is 0 Å². The Kier molecular flexibility index (Phi) is 4.27. The summed E-state index contributed by atoms with van der Waals surface area (Å²) in [6.45, 7) is 5.44. The summed E-state index contributed by atoms with van der Waals surface area (Å²) >= 11 is 1.77. The zero-order valence-electron chi connectivity index (χ0n) is 13.6. The van der Waals surface area contributed by atoms with Crippen molar-refractivity contribution in [1.29, 1.82) is 0 Å². The van der Waals surface area contributed by atoms with E-state index in [0.29, 0.717) is 6.04 Å². The van der Waals surface area contributed by atoms with Crippen molar-refractivity contribution in [2.75, 3.05) is 18.4 Å². The molecule has 0 amide bonds. The Morgan fingerprint density at radius 3 is 2.87 bits per heavy atom. The van der Waals surface area contributed by atoms with Crippen molar-refractivity contribution in [2.45, 2.75) is 51.6 Å². The van der Waals surface area contributed by atoms with Crippen molar-refractivity contribution in [2.24, 2.45) is 0 Å². The quantitative estimate of drug-likeness (QED) is 0.935. The summed E-state index contributed by atoms with van der Waals surface area (Å²) in [5.41, 5.74) is 5.75. The molecule has 4 rings (SSSR count). The monoisotopic (exact) mass is 329 g/mol. The second kappa shape index (κ2) is 6.53. The highest BCUT2D eigenvalue weighted by molar-refractivity contribution is 7.09. The smallest absolute Gasteiger partial charge is 0.133 e. The maximum atomic E-state index is 4.49. The van der Waals surface area contributed by atoms with E-state index in [4.69, 9.17) is 0 Å². The standard InChI is InChI=1S/C17H23N5S/c1-12-16(23-11-20-12)9-22-7-5-13(6-8-22)21-17-14-3-2-4-15(14)18-10-19-17/h10-11,13H,2-9H2,1H3,(H,18,19,21). The van der Waals surface area contributed by atoms with Crippen molar-refractivity contribution in [1.82, 2.24) is 19.9 Å². The molecule has 0 unspecified atom stereocenters. The molecule has 5 nitrogen and oxygen atoms in total. The van der Waals surface area contributed by atoms with Gasteiger partial charge in [-0.05, 0) is 39.0 Å². The van der Waals surface area contributed by atoms with E-state index in [1.54, 1.807) is 17.7 Å². The van der Waals surface area contributed by atoms with Crippen molar-refractivity contribution in [3.05, 3.63) is 33.7 Å². The summed E-state index contributed by atoms with van der Waals surface area (Å²) < 4.78 is 0. The molecule has 0 bridgehead atoms. The van der Waals surface area contributed by atoms with Gasteiger partial charge in [0.2, 0.25) is 0 Å². The molecule has 2 aromatic heterocycles. The first kappa shape index (κ1) is 15.0. The zero-order chi connectivity index (χ0) is 15.6. The van der Waals surface area contributed by atoms with Gasteiger partial charge in [0.05, 0.1) is 11.2 Å². The minimum atomic E-state index is 0.536. The molecule has 122 valence electrons. The minimum absolute atomic E-state index is 0.536. The lowest BCUT2D eigenvalue weighted by Crippen LogP contribution is -2.39. The van der Waals surface area contributed by atoms with Gasteiger partial charge in [0.15, 0.2) is 0 Å². The molecule has 0 atom stereocenters. The van der Waals surface area contributed by atoms with E-state index in [1.165, 1.54) is 41.1 Å². The largest absolute Gasteiger partial charge is 0.367 e. The van der Waals surface area contributed by atoms with Gasteiger partial charge in [-0.15, -0.1) is 11.3 Å². The van der Waals surface area contributed by atoms with E-state index in [1.807, 2.05) is 5.51 Å². The van der Waals surface area contributed by atoms with Gasteiger partial charge in [-0.25, -0.2) is 15.0 Å². The van der Waals surface area contributed by atoms with E-state index < -0.39 is 0 Å². The van der Waals surface area contributed by atoms with Crippen molar-refractivity contribution in [3.8, 4) is 0 Å². The first-order valence-corrected chi connectivity index (χ1v) is 9.38. The summed E-state index contributed by atoms with van der Waals surface area (Å²) in [5, 5.41) is 3.68. The van der Waals surface area contributed by atoms with Crippen LogP contribution < -0.4 is 5.32 Å². The molecule has 0 aromatic carbocycles. The summed E-state index contributed by atoms with van der Waals surface area (Å²) in [5.74, 6) is 1.09. The van der Waals surface area contributed by atoms with E-state index in [2.05, 4.69) is 32.1 Å². The number of hydrogen-bond donors (Lipinski definition) is 1. The lowest BCUT2D eigenvalue weighted by molar-refractivity contribution is 0.212. The van der Waals surface area contributed by atoms with E-state index in [9.17, 15) is 0 Å². The van der Waals surface area contributed by atoms with Crippen LogP contribution in [-0.4, -0.2) is 39.0 Å². The van der Waals surface area contributed by atoms with Crippen LogP contribution in [0.4, 0.5) is 5.82 Å². The summed E-state index contributed by atoms with van der Waals surface area (Å²) in [4.78, 5) is 17.2. The molecule has 1 fully saturated rings. The van der Waals surface area contributed by atoms with Gasteiger partial charge in [0.25, 0.3) is 0 Å². The molecule has 1 aliphatic carbocycles. The van der Waals surface area contributed by atoms with Crippen LogP contribution in [0.3, 0.4) is 0 Å². The molecule has 2 aromatic rings. The summed E-state index contributed by atoms with van der Waals surface area (Å²) in [7, 11) is 0. The molecule has 1 saturated heterocycles. The average Bonchev–Trinajstić information content (AvgIpc) is 3.19. The molecule has 3 heterocycles. The molecular formula is C17H23N5S. The molecule has 1 aliphatic heterocycles. The van der Waals surface area contributed by atoms with Gasteiger partial charge in [0.1, 0.15) is 12.1 Å². The number of aromatic nitrogens is 3. The number of piperidine rings is 1. The van der Waals surface area contributed by atoms with E-state index in [-0.39, 0.29) is 0 Å². The highest BCUT2D eigenvalue weighted by Gasteiger charge is 2.23. The second-order valence-electron chi connectivity index (χ2n) is 6.56. The number of fused-ring (bicyclic) bond motifs is 1. The Labute approximate surface area is 141 Å². The van der Waals surface area contributed by atoms with E-state index in [0.717, 1.165) is 38.3 Å². The van der Waals surface area contributed by atoms with E-state index >= 15 is 0 Å². The lowest BCUT2D eigenvalue weighted by atomic mass is 10.0. The molecule has 0 spiro atoms. The van der Waals surface area contributed by atoms with Crippen LogP contribution in [0.1, 0.15) is 41.1 Å². The highest BCUT2D eigenvalue weighted by Crippen LogP contribution is 2.27. The van der Waals surface area contributed by atoms with Crippen LogP contribution in [0.25, 0.3) is 0 Å². The van der Waals surface area contributed by atoms with Crippen LogP contribution in [0.2, 0.25) is 0 Å². The number of nitrogens with zero attached hydrogens (tertiary/aromatic N) is 4. The van der Waals surface area contributed by atoms with Crippen LogP contribution in [0, 0.1) is 6.92 Å². The minimum Gasteiger partial charge on any atom is -0.367 e. The SMILES string of the molecule is Cc1ncsc1CN1CCC(Nc2ncnc3c2CCC3)CC1. The maximum Gasteiger partial charge on any atom is 0.133 e. The Morgan fingerprint density at radius 2 is 2.09 bits per heavy atom. The number of aryl methyl sites for hydroxylation is 2. The summed E-state index contributed by atoms with van der Waals surface area (Å²) in [6.07, 6.45) is 7.53. The van der Waals surface area contributed by atoms with Gasteiger partial charge in [0, 0.05) is 41.8 Å². The molecule has 0 saturated carbocycles. The van der Waals surface area contributed by atoms with Crippen LogP contribution in [0.15, 0.2) is 11.8 Å². The highest BCUT2D eigenvalue weighted by atomic mass is 32.1. The molecule has 6 heteroatoms. The Hall–Kier alpha value is -1.53. The Morgan fingerprint density at radius 1 is 1.22 bits per heavy atom. The molecule has 0 radical (unpaired) electrons. The fourth-order valence-electron chi connectivity index (χ4n) is 3.59. The lowest BCUT2D eigenvalue weighted by Gasteiger charge is -2.32. The second-order valence-corrected chi connectivity index (χ2v) is 7.50. The molecule has 1 N–H and O–H groups in total. The van der Waals surface area contributed by atoms with Crippen LogP contribution in [-0.2, 0) is 19.4 Å². The topological polar surface area (TPSA) is 53.9 Å². The molecule has 2 aliphatic rings. The van der Waals surface area contributed by atoms with Gasteiger partial charge < -0.3 is 5.32 Å². The number of hydrogen-bond acceptors (Lipinski definition) is 6. The molecular weight excluding hydrogens is 306 g/mol. The fourth-order valence-corrected chi connectivity index (χ4v) is 4.41. The first-order valence-electron chi connectivity index (χ1n) is 8.50. The van der Waals surface area contributed by atoms with Crippen LogP contribution in [0.5, 0.6) is 0 Å². The van der Waals surface area contributed by atoms with Gasteiger partial charge >= 0.3 is 0 Å². The average molecular weight is 329 g/mol. The normalized spacial score (nSPS) is 19.0. The third-order valence-electron chi connectivity index (χ3n) is 5.02. The van der Waals surface area contributed by atoms with Crippen LogP contribution >= 0.6 is 11.3 Å².